The quantitative estimate of drug-likeness (QED) is 0.506. The number of rotatable bonds is 2. The van der Waals surface area contributed by atoms with Crippen molar-refractivity contribution < 1.29 is 4.92 Å². The average Bonchev–Trinajstić information content (AvgIpc) is 2.30. The normalized spacial score (nSPS) is 23.4. The van der Waals surface area contributed by atoms with Gasteiger partial charge in [0.1, 0.15) is 5.69 Å². The number of piperidine rings is 1. The van der Waals surface area contributed by atoms with Gasteiger partial charge in [-0.05, 0) is 36.8 Å². The Morgan fingerprint density at radius 3 is 2.42 bits per heavy atom. The minimum absolute atomic E-state index is 0.000596. The van der Waals surface area contributed by atoms with E-state index in [-0.39, 0.29) is 11.4 Å². The van der Waals surface area contributed by atoms with Crippen molar-refractivity contribution in [2.24, 2.45) is 11.8 Å². The summed E-state index contributed by atoms with van der Waals surface area (Å²) in [6.45, 7) is 8.37. The van der Waals surface area contributed by atoms with Gasteiger partial charge in [-0.15, -0.1) is 0 Å². The van der Waals surface area contributed by atoms with Crippen LogP contribution in [0.5, 0.6) is 0 Å². The third-order valence-corrected chi connectivity index (χ3v) is 3.75. The van der Waals surface area contributed by atoms with Crippen LogP contribution in [0.2, 0.25) is 0 Å². The van der Waals surface area contributed by atoms with Crippen molar-refractivity contribution in [2.75, 3.05) is 23.7 Å². The highest BCUT2D eigenvalue weighted by molar-refractivity contribution is 5.70. The summed E-state index contributed by atoms with van der Waals surface area (Å²) < 4.78 is 0. The summed E-state index contributed by atoms with van der Waals surface area (Å²) in [5.74, 6) is 1.28. The summed E-state index contributed by atoms with van der Waals surface area (Å²) >= 11 is 0. The Kier molecular flexibility index (Phi) is 3.64. The van der Waals surface area contributed by atoms with Gasteiger partial charge in [0.15, 0.2) is 0 Å². The molecule has 1 aliphatic heterocycles. The molecule has 0 aliphatic carbocycles. The lowest BCUT2D eigenvalue weighted by molar-refractivity contribution is -0.383. The molecule has 104 valence electrons. The molecule has 5 heteroatoms. The maximum atomic E-state index is 10.9. The van der Waals surface area contributed by atoms with Crippen molar-refractivity contribution in [3.05, 3.63) is 27.8 Å². The van der Waals surface area contributed by atoms with Crippen LogP contribution >= 0.6 is 0 Å². The van der Waals surface area contributed by atoms with Crippen molar-refractivity contribution >= 4 is 17.1 Å². The second kappa shape index (κ2) is 5.07. The van der Waals surface area contributed by atoms with E-state index in [2.05, 4.69) is 18.7 Å². The average molecular weight is 263 g/mol. The van der Waals surface area contributed by atoms with Gasteiger partial charge in [-0.25, -0.2) is 0 Å². The molecule has 0 aromatic heterocycles. The number of benzene rings is 1. The minimum atomic E-state index is -0.423. The lowest BCUT2D eigenvalue weighted by Crippen LogP contribution is -2.39. The van der Waals surface area contributed by atoms with E-state index in [4.69, 9.17) is 5.73 Å². The van der Waals surface area contributed by atoms with Gasteiger partial charge in [-0.3, -0.25) is 10.1 Å². The molecule has 0 unspecified atom stereocenters. The van der Waals surface area contributed by atoms with E-state index in [1.54, 1.807) is 12.1 Å². The highest BCUT2D eigenvalue weighted by atomic mass is 16.6. The highest BCUT2D eigenvalue weighted by Crippen LogP contribution is 2.34. The Balaban J connectivity index is 2.35. The Hall–Kier alpha value is -1.78. The third kappa shape index (κ3) is 2.80. The van der Waals surface area contributed by atoms with Crippen LogP contribution in [0.25, 0.3) is 0 Å². The monoisotopic (exact) mass is 263 g/mol. The molecule has 1 heterocycles. The Labute approximate surface area is 113 Å². The van der Waals surface area contributed by atoms with E-state index < -0.39 is 4.92 Å². The molecule has 1 saturated heterocycles. The minimum Gasteiger partial charge on any atom is -0.393 e. The molecule has 1 aliphatic rings. The predicted octanol–water partition coefficient (Wildman–Crippen LogP) is 2.97. The van der Waals surface area contributed by atoms with Crippen molar-refractivity contribution in [1.29, 1.82) is 0 Å². The highest BCUT2D eigenvalue weighted by Gasteiger charge is 2.24. The van der Waals surface area contributed by atoms with Gasteiger partial charge >= 0.3 is 0 Å². The number of aryl methyl sites for hydroxylation is 1. The number of nitrogens with two attached hydrogens (primary N) is 1. The number of nitrogens with zero attached hydrogens (tertiary/aromatic N) is 2. The summed E-state index contributed by atoms with van der Waals surface area (Å²) in [7, 11) is 0. The molecule has 1 aromatic carbocycles. The van der Waals surface area contributed by atoms with Crippen molar-refractivity contribution in [3.8, 4) is 0 Å². The van der Waals surface area contributed by atoms with Gasteiger partial charge in [-0.2, -0.15) is 0 Å². The van der Waals surface area contributed by atoms with Gasteiger partial charge in [0, 0.05) is 24.8 Å². The van der Waals surface area contributed by atoms with Crippen LogP contribution in [-0.4, -0.2) is 18.0 Å². The molecule has 5 nitrogen and oxygen atoms in total. The van der Waals surface area contributed by atoms with Crippen LogP contribution in [-0.2, 0) is 0 Å². The first-order chi connectivity index (χ1) is 8.88. The molecule has 0 amide bonds. The van der Waals surface area contributed by atoms with Gasteiger partial charge in [0.05, 0.1) is 4.92 Å². The Morgan fingerprint density at radius 2 is 1.89 bits per heavy atom. The van der Waals surface area contributed by atoms with Crippen LogP contribution in [0, 0.1) is 28.9 Å². The first-order valence-corrected chi connectivity index (χ1v) is 6.68. The fourth-order valence-electron chi connectivity index (χ4n) is 3.06. The van der Waals surface area contributed by atoms with E-state index in [0.29, 0.717) is 11.8 Å². The van der Waals surface area contributed by atoms with Gasteiger partial charge in [0.2, 0.25) is 0 Å². The SMILES string of the molecule is Cc1cc([N+](=O)[O-])c(N)cc1N1C[C@@H](C)C[C@H](C)C1. The fourth-order valence-corrected chi connectivity index (χ4v) is 3.06. The topological polar surface area (TPSA) is 72.4 Å². The van der Waals surface area contributed by atoms with Crippen molar-refractivity contribution in [3.63, 3.8) is 0 Å². The van der Waals surface area contributed by atoms with Crippen LogP contribution in [0.15, 0.2) is 12.1 Å². The molecule has 0 spiro atoms. The van der Waals surface area contributed by atoms with E-state index in [0.717, 1.165) is 24.3 Å². The van der Waals surface area contributed by atoms with Crippen LogP contribution in [0.1, 0.15) is 25.8 Å². The Bertz CT molecular complexity index is 492. The summed E-state index contributed by atoms with van der Waals surface area (Å²) in [6.07, 6.45) is 1.23. The molecule has 1 fully saturated rings. The summed E-state index contributed by atoms with van der Waals surface area (Å²) in [5, 5.41) is 10.9. The largest absolute Gasteiger partial charge is 0.393 e. The Morgan fingerprint density at radius 1 is 1.32 bits per heavy atom. The zero-order chi connectivity index (χ0) is 14.2. The lowest BCUT2D eigenvalue weighted by Gasteiger charge is -2.37. The smallest absolute Gasteiger partial charge is 0.292 e. The summed E-state index contributed by atoms with van der Waals surface area (Å²) in [5.41, 5.74) is 7.99. The number of nitrogen functional groups attached to an aromatic ring is 1. The van der Waals surface area contributed by atoms with E-state index >= 15 is 0 Å². The molecular weight excluding hydrogens is 242 g/mol. The number of nitro benzene ring substituents is 1. The second-order valence-corrected chi connectivity index (χ2v) is 5.81. The number of hydrogen-bond acceptors (Lipinski definition) is 4. The predicted molar refractivity (Wildman–Crippen MR) is 77.4 cm³/mol. The fraction of sp³-hybridized carbons (Fsp3) is 0.571. The third-order valence-electron chi connectivity index (χ3n) is 3.75. The van der Waals surface area contributed by atoms with E-state index in [1.807, 2.05) is 6.92 Å². The molecule has 0 radical (unpaired) electrons. The van der Waals surface area contributed by atoms with Gasteiger partial charge < -0.3 is 10.6 Å². The van der Waals surface area contributed by atoms with Crippen LogP contribution < -0.4 is 10.6 Å². The number of nitro groups is 1. The van der Waals surface area contributed by atoms with Crippen LogP contribution in [0.4, 0.5) is 17.1 Å². The number of hydrogen-bond donors (Lipinski definition) is 1. The lowest BCUT2D eigenvalue weighted by atomic mass is 9.91. The number of anilines is 2. The molecule has 1 aromatic rings. The molecule has 2 atom stereocenters. The van der Waals surface area contributed by atoms with Gasteiger partial charge in [-0.1, -0.05) is 13.8 Å². The maximum absolute atomic E-state index is 10.9. The van der Waals surface area contributed by atoms with E-state index in [1.165, 1.54) is 6.42 Å². The zero-order valence-corrected chi connectivity index (χ0v) is 11.7. The van der Waals surface area contributed by atoms with Crippen molar-refractivity contribution in [1.82, 2.24) is 0 Å². The van der Waals surface area contributed by atoms with Crippen molar-refractivity contribution in [2.45, 2.75) is 27.2 Å². The second-order valence-electron chi connectivity index (χ2n) is 5.81. The molecular formula is C14H21N3O2. The molecule has 2 rings (SSSR count). The molecule has 2 N–H and O–H groups in total. The van der Waals surface area contributed by atoms with E-state index in [9.17, 15) is 10.1 Å². The molecule has 19 heavy (non-hydrogen) atoms. The summed E-state index contributed by atoms with van der Waals surface area (Å²) in [6, 6.07) is 3.33. The standard InChI is InChI=1S/C14H21N3O2/c1-9-4-10(2)8-16(7-9)13-6-12(15)14(17(18)19)5-11(13)3/h5-6,9-10H,4,7-8,15H2,1-3H3/t9-,10-/m0/s1. The van der Waals surface area contributed by atoms with Crippen LogP contribution in [0.3, 0.4) is 0 Å². The molecule has 0 bridgehead atoms. The first-order valence-electron chi connectivity index (χ1n) is 6.68. The molecule has 0 saturated carbocycles. The first kappa shape index (κ1) is 13.6. The van der Waals surface area contributed by atoms with Gasteiger partial charge in [0.25, 0.3) is 5.69 Å². The maximum Gasteiger partial charge on any atom is 0.292 e. The summed E-state index contributed by atoms with van der Waals surface area (Å²) in [4.78, 5) is 12.8. The zero-order valence-electron chi connectivity index (χ0n) is 11.7.